The Morgan fingerprint density at radius 1 is 1.10 bits per heavy atom. The first kappa shape index (κ1) is 14.6. The standard InChI is InChI=1S/C16H21NO3/c1-15(2)12(16(15,3)4)13(18)17-11(14(19)20)10-8-6-5-7-9-10/h5-9,11-12H,1-4H3,(H,17,18)(H,19,20)/t11-/m0/s1. The molecule has 0 spiro atoms. The molecule has 0 saturated heterocycles. The molecule has 1 atom stereocenters. The monoisotopic (exact) mass is 275 g/mol. The van der Waals surface area contributed by atoms with Gasteiger partial charge < -0.3 is 10.4 Å². The van der Waals surface area contributed by atoms with E-state index >= 15 is 0 Å². The average Bonchev–Trinajstić information content (AvgIpc) is 2.77. The maximum absolute atomic E-state index is 12.4. The van der Waals surface area contributed by atoms with Gasteiger partial charge in [-0.3, -0.25) is 4.79 Å². The van der Waals surface area contributed by atoms with Crippen LogP contribution in [-0.2, 0) is 9.59 Å². The number of aliphatic carboxylic acids is 1. The summed E-state index contributed by atoms with van der Waals surface area (Å²) in [7, 11) is 0. The van der Waals surface area contributed by atoms with Crippen molar-refractivity contribution in [2.75, 3.05) is 0 Å². The zero-order chi connectivity index (χ0) is 15.1. The highest BCUT2D eigenvalue weighted by Crippen LogP contribution is 2.68. The van der Waals surface area contributed by atoms with Crippen molar-refractivity contribution >= 4 is 11.9 Å². The largest absolute Gasteiger partial charge is 0.479 e. The van der Waals surface area contributed by atoms with Crippen LogP contribution in [0.5, 0.6) is 0 Å². The topological polar surface area (TPSA) is 66.4 Å². The summed E-state index contributed by atoms with van der Waals surface area (Å²) in [6.07, 6.45) is 0. The van der Waals surface area contributed by atoms with Gasteiger partial charge in [-0.1, -0.05) is 58.0 Å². The van der Waals surface area contributed by atoms with E-state index in [-0.39, 0.29) is 22.7 Å². The van der Waals surface area contributed by atoms with Crippen LogP contribution in [0.4, 0.5) is 0 Å². The van der Waals surface area contributed by atoms with Crippen molar-refractivity contribution in [1.29, 1.82) is 0 Å². The van der Waals surface area contributed by atoms with E-state index in [1.807, 2.05) is 33.8 Å². The van der Waals surface area contributed by atoms with Gasteiger partial charge in [0.25, 0.3) is 0 Å². The van der Waals surface area contributed by atoms with Crippen LogP contribution in [-0.4, -0.2) is 17.0 Å². The lowest BCUT2D eigenvalue weighted by molar-refractivity contribution is -0.142. The third-order valence-corrected chi connectivity index (χ3v) is 4.95. The second-order valence-electron chi connectivity index (χ2n) is 6.57. The van der Waals surface area contributed by atoms with Gasteiger partial charge in [0, 0.05) is 5.92 Å². The van der Waals surface area contributed by atoms with E-state index in [1.165, 1.54) is 0 Å². The molecule has 0 bridgehead atoms. The minimum Gasteiger partial charge on any atom is -0.479 e. The molecule has 1 aromatic carbocycles. The van der Waals surface area contributed by atoms with Crippen LogP contribution < -0.4 is 5.32 Å². The van der Waals surface area contributed by atoms with E-state index in [0.717, 1.165) is 0 Å². The molecule has 0 radical (unpaired) electrons. The van der Waals surface area contributed by atoms with E-state index in [1.54, 1.807) is 24.3 Å². The predicted octanol–water partition coefficient (Wildman–Crippen LogP) is 2.61. The van der Waals surface area contributed by atoms with Gasteiger partial charge in [-0.25, -0.2) is 4.79 Å². The van der Waals surface area contributed by atoms with Crippen molar-refractivity contribution in [3.05, 3.63) is 35.9 Å². The molecule has 1 fully saturated rings. The summed E-state index contributed by atoms with van der Waals surface area (Å²) in [5, 5.41) is 12.0. The number of carboxylic acid groups (broad SMARTS) is 1. The van der Waals surface area contributed by atoms with Gasteiger partial charge in [-0.15, -0.1) is 0 Å². The highest BCUT2D eigenvalue weighted by atomic mass is 16.4. The van der Waals surface area contributed by atoms with Crippen LogP contribution in [0.15, 0.2) is 30.3 Å². The molecule has 4 heteroatoms. The quantitative estimate of drug-likeness (QED) is 0.887. The smallest absolute Gasteiger partial charge is 0.330 e. The normalized spacial score (nSPS) is 21.0. The molecule has 4 nitrogen and oxygen atoms in total. The molecular formula is C16H21NO3. The van der Waals surface area contributed by atoms with Gasteiger partial charge >= 0.3 is 5.97 Å². The molecule has 1 aliphatic carbocycles. The molecule has 2 N–H and O–H groups in total. The van der Waals surface area contributed by atoms with E-state index < -0.39 is 12.0 Å². The Morgan fingerprint density at radius 2 is 1.60 bits per heavy atom. The number of carbonyl (C=O) groups excluding carboxylic acids is 1. The maximum Gasteiger partial charge on any atom is 0.330 e. The van der Waals surface area contributed by atoms with Crippen molar-refractivity contribution in [2.45, 2.75) is 33.7 Å². The van der Waals surface area contributed by atoms with Gasteiger partial charge in [-0.05, 0) is 16.4 Å². The van der Waals surface area contributed by atoms with E-state index in [2.05, 4.69) is 5.32 Å². The van der Waals surface area contributed by atoms with Gasteiger partial charge in [0.2, 0.25) is 5.91 Å². The fourth-order valence-corrected chi connectivity index (χ4v) is 3.01. The SMILES string of the molecule is CC1(C)C(C(=O)N[C@H](C(=O)O)c2ccccc2)C1(C)C. The number of nitrogens with one attached hydrogen (secondary N) is 1. The number of rotatable bonds is 4. The Bertz CT molecular complexity index is 520. The number of carbonyl (C=O) groups is 2. The first-order chi connectivity index (χ1) is 9.19. The second kappa shape index (κ2) is 4.62. The van der Waals surface area contributed by atoms with Crippen molar-refractivity contribution < 1.29 is 14.7 Å². The number of hydrogen-bond donors (Lipinski definition) is 2. The molecule has 108 valence electrons. The van der Waals surface area contributed by atoms with E-state index in [0.29, 0.717) is 5.56 Å². The van der Waals surface area contributed by atoms with Crippen LogP contribution >= 0.6 is 0 Å². The molecule has 20 heavy (non-hydrogen) atoms. The number of benzene rings is 1. The maximum atomic E-state index is 12.4. The number of amides is 1. The lowest BCUT2D eigenvalue weighted by Gasteiger charge is -2.15. The second-order valence-corrected chi connectivity index (χ2v) is 6.57. The average molecular weight is 275 g/mol. The summed E-state index contributed by atoms with van der Waals surface area (Å²) in [4.78, 5) is 23.7. The Morgan fingerprint density at radius 3 is 2.00 bits per heavy atom. The Hall–Kier alpha value is -1.84. The minimum absolute atomic E-state index is 0.100. The molecule has 1 aliphatic rings. The molecule has 0 aliphatic heterocycles. The highest BCUT2D eigenvalue weighted by molar-refractivity contribution is 5.89. The lowest BCUT2D eigenvalue weighted by atomic mass is 10.0. The Kier molecular flexibility index (Phi) is 3.36. The van der Waals surface area contributed by atoms with Crippen LogP contribution in [0.1, 0.15) is 39.3 Å². The van der Waals surface area contributed by atoms with E-state index in [4.69, 9.17) is 0 Å². The number of hydrogen-bond acceptors (Lipinski definition) is 2. The molecular weight excluding hydrogens is 254 g/mol. The third kappa shape index (κ3) is 2.19. The summed E-state index contributed by atoms with van der Waals surface area (Å²) >= 11 is 0. The highest BCUT2D eigenvalue weighted by Gasteiger charge is 2.68. The summed E-state index contributed by atoms with van der Waals surface area (Å²) in [6.45, 7) is 8.15. The van der Waals surface area contributed by atoms with Crippen LogP contribution in [0.25, 0.3) is 0 Å². The zero-order valence-electron chi connectivity index (χ0n) is 12.3. The van der Waals surface area contributed by atoms with E-state index in [9.17, 15) is 14.7 Å². The van der Waals surface area contributed by atoms with Crippen LogP contribution in [0.3, 0.4) is 0 Å². The van der Waals surface area contributed by atoms with Gasteiger partial charge in [0.05, 0.1) is 0 Å². The zero-order valence-corrected chi connectivity index (χ0v) is 12.3. The summed E-state index contributed by atoms with van der Waals surface area (Å²) < 4.78 is 0. The molecule has 1 saturated carbocycles. The fourth-order valence-electron chi connectivity index (χ4n) is 3.01. The summed E-state index contributed by atoms with van der Waals surface area (Å²) in [6, 6.07) is 7.78. The fraction of sp³-hybridized carbons (Fsp3) is 0.500. The number of carboxylic acids is 1. The molecule has 0 aromatic heterocycles. The minimum atomic E-state index is -1.04. The predicted molar refractivity (Wildman–Crippen MR) is 76.0 cm³/mol. The van der Waals surface area contributed by atoms with Crippen LogP contribution in [0.2, 0.25) is 0 Å². The molecule has 0 heterocycles. The van der Waals surface area contributed by atoms with Gasteiger partial charge in [0.15, 0.2) is 6.04 Å². The van der Waals surface area contributed by atoms with Crippen molar-refractivity contribution in [3.63, 3.8) is 0 Å². The first-order valence-corrected chi connectivity index (χ1v) is 6.77. The Labute approximate surface area is 119 Å². The Balaban J connectivity index is 2.16. The van der Waals surface area contributed by atoms with Crippen LogP contribution in [0, 0.1) is 16.7 Å². The van der Waals surface area contributed by atoms with Crippen molar-refractivity contribution in [3.8, 4) is 0 Å². The first-order valence-electron chi connectivity index (χ1n) is 6.77. The van der Waals surface area contributed by atoms with Gasteiger partial charge in [-0.2, -0.15) is 0 Å². The third-order valence-electron chi connectivity index (χ3n) is 4.95. The van der Waals surface area contributed by atoms with Gasteiger partial charge in [0.1, 0.15) is 0 Å². The molecule has 0 unspecified atom stereocenters. The lowest BCUT2D eigenvalue weighted by Crippen LogP contribution is -2.36. The summed E-state index contributed by atoms with van der Waals surface area (Å²) in [5.74, 6) is -1.38. The summed E-state index contributed by atoms with van der Waals surface area (Å²) in [5.41, 5.74) is 0.387. The van der Waals surface area contributed by atoms with Crippen molar-refractivity contribution in [2.24, 2.45) is 16.7 Å². The molecule has 1 amide bonds. The molecule has 1 aromatic rings. The van der Waals surface area contributed by atoms with Crippen molar-refractivity contribution in [1.82, 2.24) is 5.32 Å². The molecule has 2 rings (SSSR count).